The Morgan fingerprint density at radius 3 is 2.15 bits per heavy atom. The fourth-order valence-electron chi connectivity index (χ4n) is 3.05. The van der Waals surface area contributed by atoms with Gasteiger partial charge < -0.3 is 10.6 Å². The lowest BCUT2D eigenvalue weighted by molar-refractivity contribution is 0.415. The summed E-state index contributed by atoms with van der Waals surface area (Å²) in [5.41, 5.74) is 1.20. The minimum Gasteiger partial charge on any atom is -0.360 e. The summed E-state index contributed by atoms with van der Waals surface area (Å²) in [6.07, 6.45) is 6.02. The molecule has 0 aliphatic heterocycles. The molecular formula is C19H22ClN3O2S2. The first-order chi connectivity index (χ1) is 12.9. The zero-order valence-corrected chi connectivity index (χ0v) is 17.1. The monoisotopic (exact) mass is 423 g/mol. The van der Waals surface area contributed by atoms with Crippen molar-refractivity contribution < 1.29 is 8.42 Å². The Balaban J connectivity index is 1.60. The average molecular weight is 424 g/mol. The number of sulfonamides is 1. The van der Waals surface area contributed by atoms with Crippen molar-refractivity contribution in [2.24, 2.45) is 0 Å². The molecule has 27 heavy (non-hydrogen) atoms. The fraction of sp³-hybridized carbons (Fsp3) is 0.316. The molecule has 2 aromatic carbocycles. The van der Waals surface area contributed by atoms with Crippen LogP contribution in [0, 0.1) is 0 Å². The molecule has 1 fully saturated rings. The number of hydrogen-bond donors (Lipinski definition) is 3. The highest BCUT2D eigenvalue weighted by atomic mass is 35.5. The summed E-state index contributed by atoms with van der Waals surface area (Å²) in [5.74, 6) is 0. The molecule has 0 radical (unpaired) electrons. The minimum atomic E-state index is -3.66. The maximum atomic E-state index is 12.5. The van der Waals surface area contributed by atoms with Gasteiger partial charge in [-0.1, -0.05) is 30.9 Å². The molecule has 0 aromatic heterocycles. The van der Waals surface area contributed by atoms with Crippen molar-refractivity contribution in [3.63, 3.8) is 0 Å². The average Bonchev–Trinajstić information content (AvgIpc) is 2.65. The molecule has 1 aliphatic carbocycles. The van der Waals surface area contributed by atoms with Gasteiger partial charge in [-0.2, -0.15) is 0 Å². The molecule has 5 nitrogen and oxygen atoms in total. The summed E-state index contributed by atoms with van der Waals surface area (Å²) < 4.78 is 27.5. The molecule has 3 N–H and O–H groups in total. The zero-order chi connectivity index (χ0) is 19.3. The van der Waals surface area contributed by atoms with E-state index in [2.05, 4.69) is 15.4 Å². The van der Waals surface area contributed by atoms with Gasteiger partial charge in [0.15, 0.2) is 5.11 Å². The van der Waals surface area contributed by atoms with E-state index >= 15 is 0 Å². The summed E-state index contributed by atoms with van der Waals surface area (Å²) >= 11 is 11.2. The van der Waals surface area contributed by atoms with E-state index in [0.717, 1.165) is 18.5 Å². The lowest BCUT2D eigenvalue weighted by Gasteiger charge is -2.24. The second-order valence-electron chi connectivity index (χ2n) is 6.57. The maximum Gasteiger partial charge on any atom is 0.261 e. The van der Waals surface area contributed by atoms with Crippen molar-refractivity contribution in [1.82, 2.24) is 5.32 Å². The van der Waals surface area contributed by atoms with E-state index < -0.39 is 10.0 Å². The highest BCUT2D eigenvalue weighted by Crippen LogP contribution is 2.20. The smallest absolute Gasteiger partial charge is 0.261 e. The first-order valence-electron chi connectivity index (χ1n) is 8.88. The van der Waals surface area contributed by atoms with Crippen LogP contribution in [0.25, 0.3) is 0 Å². The SMILES string of the molecule is O=S(=O)(Nc1ccc(Cl)cc1)c1ccc(NC(=S)NC2CCCCC2)cc1. The number of benzene rings is 2. The maximum absolute atomic E-state index is 12.5. The molecule has 0 saturated heterocycles. The fourth-order valence-corrected chi connectivity index (χ4v) is 4.52. The van der Waals surface area contributed by atoms with E-state index in [1.54, 1.807) is 48.5 Å². The normalized spacial score (nSPS) is 15.1. The molecule has 3 rings (SSSR count). The van der Waals surface area contributed by atoms with Crippen LogP contribution in [0.3, 0.4) is 0 Å². The molecule has 0 spiro atoms. The summed E-state index contributed by atoms with van der Waals surface area (Å²) in [5, 5.41) is 7.56. The third kappa shape index (κ3) is 5.82. The third-order valence-electron chi connectivity index (χ3n) is 4.46. The summed E-state index contributed by atoms with van der Waals surface area (Å²) in [6.45, 7) is 0. The van der Waals surface area contributed by atoms with Gasteiger partial charge in [0.1, 0.15) is 0 Å². The standard InChI is InChI=1S/C19H22ClN3O2S2/c20-14-6-8-17(9-7-14)23-27(24,25)18-12-10-16(11-13-18)22-19(26)21-15-4-2-1-3-5-15/h6-13,15,23H,1-5H2,(H2,21,22,26). The predicted molar refractivity (Wildman–Crippen MR) is 115 cm³/mol. The van der Waals surface area contributed by atoms with E-state index in [9.17, 15) is 8.42 Å². The van der Waals surface area contributed by atoms with Crippen LogP contribution in [-0.2, 0) is 10.0 Å². The molecule has 2 aromatic rings. The predicted octanol–water partition coefficient (Wildman–Crippen LogP) is 4.76. The molecule has 0 bridgehead atoms. The Kier molecular flexibility index (Phi) is 6.57. The van der Waals surface area contributed by atoms with Crippen LogP contribution >= 0.6 is 23.8 Å². The van der Waals surface area contributed by atoms with Crippen LogP contribution in [-0.4, -0.2) is 19.6 Å². The number of nitrogens with one attached hydrogen (secondary N) is 3. The van der Waals surface area contributed by atoms with Crippen LogP contribution in [0.15, 0.2) is 53.4 Å². The van der Waals surface area contributed by atoms with Crippen LogP contribution in [0.1, 0.15) is 32.1 Å². The summed E-state index contributed by atoms with van der Waals surface area (Å²) in [7, 11) is -3.66. The Morgan fingerprint density at radius 2 is 1.52 bits per heavy atom. The number of halogens is 1. The first kappa shape index (κ1) is 19.9. The van der Waals surface area contributed by atoms with Gasteiger partial charge in [0.25, 0.3) is 10.0 Å². The van der Waals surface area contributed by atoms with Crippen molar-refractivity contribution in [3.05, 3.63) is 53.6 Å². The van der Waals surface area contributed by atoms with Gasteiger partial charge in [-0.25, -0.2) is 8.42 Å². The molecule has 8 heteroatoms. The van der Waals surface area contributed by atoms with Crippen LogP contribution < -0.4 is 15.4 Å². The van der Waals surface area contributed by atoms with E-state index in [-0.39, 0.29) is 4.90 Å². The van der Waals surface area contributed by atoms with Gasteiger partial charge in [-0.05, 0) is 73.6 Å². The lowest BCUT2D eigenvalue weighted by atomic mass is 9.96. The highest BCUT2D eigenvalue weighted by Gasteiger charge is 2.16. The van der Waals surface area contributed by atoms with E-state index in [1.165, 1.54) is 19.3 Å². The first-order valence-corrected chi connectivity index (χ1v) is 11.2. The highest BCUT2D eigenvalue weighted by molar-refractivity contribution is 7.92. The van der Waals surface area contributed by atoms with Crippen LogP contribution in [0.4, 0.5) is 11.4 Å². The topological polar surface area (TPSA) is 70.2 Å². The number of hydrogen-bond acceptors (Lipinski definition) is 3. The largest absolute Gasteiger partial charge is 0.360 e. The summed E-state index contributed by atoms with van der Waals surface area (Å²) in [4.78, 5) is 0.175. The van der Waals surface area contributed by atoms with Gasteiger partial charge in [-0.15, -0.1) is 0 Å². The van der Waals surface area contributed by atoms with Crippen molar-refractivity contribution in [1.29, 1.82) is 0 Å². The van der Waals surface area contributed by atoms with Crippen molar-refractivity contribution in [2.45, 2.75) is 43.0 Å². The number of rotatable bonds is 5. The number of anilines is 2. The van der Waals surface area contributed by atoms with E-state index in [0.29, 0.717) is 21.9 Å². The lowest BCUT2D eigenvalue weighted by Crippen LogP contribution is -2.38. The molecular weight excluding hydrogens is 402 g/mol. The Labute approximate surface area is 170 Å². The van der Waals surface area contributed by atoms with Crippen LogP contribution in [0.2, 0.25) is 5.02 Å². The van der Waals surface area contributed by atoms with E-state index in [4.69, 9.17) is 23.8 Å². The van der Waals surface area contributed by atoms with Gasteiger partial charge in [0.05, 0.1) is 4.90 Å². The van der Waals surface area contributed by atoms with Crippen LogP contribution in [0.5, 0.6) is 0 Å². The second-order valence-corrected chi connectivity index (χ2v) is 9.10. The molecule has 0 heterocycles. The van der Waals surface area contributed by atoms with Crippen molar-refractivity contribution in [3.8, 4) is 0 Å². The molecule has 144 valence electrons. The number of thiocarbonyl (C=S) groups is 1. The van der Waals surface area contributed by atoms with Gasteiger partial charge >= 0.3 is 0 Å². The molecule has 0 unspecified atom stereocenters. The Morgan fingerprint density at radius 1 is 0.926 bits per heavy atom. The Hall–Kier alpha value is -1.83. The van der Waals surface area contributed by atoms with Gasteiger partial charge in [-0.3, -0.25) is 4.72 Å². The van der Waals surface area contributed by atoms with E-state index in [1.807, 2.05) is 0 Å². The summed E-state index contributed by atoms with van der Waals surface area (Å²) in [6, 6.07) is 13.4. The van der Waals surface area contributed by atoms with Crippen molar-refractivity contribution in [2.75, 3.05) is 10.0 Å². The Bertz CT molecular complexity index is 878. The minimum absolute atomic E-state index is 0.175. The molecule has 1 saturated carbocycles. The second kappa shape index (κ2) is 8.91. The molecule has 1 aliphatic rings. The molecule has 0 atom stereocenters. The molecule has 0 amide bonds. The third-order valence-corrected chi connectivity index (χ3v) is 6.33. The van der Waals surface area contributed by atoms with Crippen molar-refractivity contribution >= 4 is 50.3 Å². The van der Waals surface area contributed by atoms with Gasteiger partial charge in [0.2, 0.25) is 0 Å². The zero-order valence-electron chi connectivity index (χ0n) is 14.7. The quantitative estimate of drug-likeness (QED) is 0.605. The van der Waals surface area contributed by atoms with Gasteiger partial charge in [0, 0.05) is 22.4 Å².